The largest absolute Gasteiger partial charge is 0.508 e. The lowest BCUT2D eigenvalue weighted by molar-refractivity contribution is 0.0948. The minimum absolute atomic E-state index is 0.0814. The van der Waals surface area contributed by atoms with Gasteiger partial charge in [-0.3, -0.25) is 4.79 Å². The molecule has 2 aromatic rings. The standard InChI is InChI=1S/C14H13NO4/c16-10-3-1-2-9(6-10)8-15-14(19)12-5-4-11(17)7-13(12)18/h1-7,16-18H,8H2,(H,15,19). The molecule has 0 radical (unpaired) electrons. The molecule has 0 unspecified atom stereocenters. The average Bonchev–Trinajstić information content (AvgIpc) is 2.36. The van der Waals surface area contributed by atoms with Crippen molar-refractivity contribution < 1.29 is 20.1 Å². The summed E-state index contributed by atoms with van der Waals surface area (Å²) >= 11 is 0. The fraction of sp³-hybridized carbons (Fsp3) is 0.0714. The zero-order chi connectivity index (χ0) is 13.8. The Morgan fingerprint density at radius 2 is 1.74 bits per heavy atom. The molecule has 0 saturated heterocycles. The quantitative estimate of drug-likeness (QED) is 0.675. The summed E-state index contributed by atoms with van der Waals surface area (Å²) in [6.45, 7) is 0.230. The van der Waals surface area contributed by atoms with Crippen LogP contribution in [0.4, 0.5) is 0 Å². The Morgan fingerprint density at radius 1 is 1.00 bits per heavy atom. The highest BCUT2D eigenvalue weighted by Gasteiger charge is 2.11. The van der Waals surface area contributed by atoms with Crippen molar-refractivity contribution in [3.63, 3.8) is 0 Å². The molecule has 0 heterocycles. The highest BCUT2D eigenvalue weighted by Crippen LogP contribution is 2.22. The summed E-state index contributed by atoms with van der Waals surface area (Å²) in [5.74, 6) is -0.726. The Morgan fingerprint density at radius 3 is 2.42 bits per heavy atom. The molecule has 0 atom stereocenters. The molecule has 2 rings (SSSR count). The fourth-order valence-corrected chi connectivity index (χ4v) is 1.66. The molecule has 0 fully saturated rings. The SMILES string of the molecule is O=C(NCc1cccc(O)c1)c1ccc(O)cc1O. The van der Waals surface area contributed by atoms with E-state index < -0.39 is 5.91 Å². The van der Waals surface area contributed by atoms with Gasteiger partial charge < -0.3 is 20.6 Å². The molecule has 1 amide bonds. The molecule has 98 valence electrons. The normalized spacial score (nSPS) is 10.1. The highest BCUT2D eigenvalue weighted by atomic mass is 16.3. The summed E-state index contributed by atoms with van der Waals surface area (Å²) in [5, 5.41) is 30.6. The molecule has 0 aromatic heterocycles. The minimum Gasteiger partial charge on any atom is -0.508 e. The Hall–Kier alpha value is -2.69. The van der Waals surface area contributed by atoms with Crippen LogP contribution < -0.4 is 5.32 Å². The van der Waals surface area contributed by atoms with Gasteiger partial charge in [-0.15, -0.1) is 0 Å². The van der Waals surface area contributed by atoms with Gasteiger partial charge in [0.05, 0.1) is 5.56 Å². The Labute approximate surface area is 109 Å². The number of hydrogen-bond acceptors (Lipinski definition) is 4. The molecule has 0 aliphatic carbocycles. The number of carbonyl (C=O) groups is 1. The molecule has 5 heteroatoms. The number of phenolic OH excluding ortho intramolecular Hbond substituents is 3. The lowest BCUT2D eigenvalue weighted by atomic mass is 10.1. The number of amides is 1. The van der Waals surface area contributed by atoms with E-state index in [4.69, 9.17) is 5.11 Å². The lowest BCUT2D eigenvalue weighted by Crippen LogP contribution is -2.22. The van der Waals surface area contributed by atoms with Crippen LogP contribution >= 0.6 is 0 Å². The van der Waals surface area contributed by atoms with E-state index in [0.29, 0.717) is 0 Å². The molecular weight excluding hydrogens is 246 g/mol. The second kappa shape index (κ2) is 5.30. The van der Waals surface area contributed by atoms with E-state index in [1.54, 1.807) is 12.1 Å². The number of benzene rings is 2. The van der Waals surface area contributed by atoms with Crippen molar-refractivity contribution in [1.82, 2.24) is 5.32 Å². The third kappa shape index (κ3) is 3.16. The van der Waals surface area contributed by atoms with Crippen molar-refractivity contribution in [2.75, 3.05) is 0 Å². The summed E-state index contributed by atoms with van der Waals surface area (Å²) in [4.78, 5) is 11.8. The van der Waals surface area contributed by atoms with E-state index in [2.05, 4.69) is 5.32 Å². The van der Waals surface area contributed by atoms with Gasteiger partial charge >= 0.3 is 0 Å². The first-order valence-electron chi connectivity index (χ1n) is 5.64. The van der Waals surface area contributed by atoms with Gasteiger partial charge in [0.1, 0.15) is 17.2 Å². The number of phenols is 3. The van der Waals surface area contributed by atoms with Crippen molar-refractivity contribution in [2.45, 2.75) is 6.54 Å². The van der Waals surface area contributed by atoms with E-state index >= 15 is 0 Å². The van der Waals surface area contributed by atoms with Crippen molar-refractivity contribution >= 4 is 5.91 Å². The molecule has 19 heavy (non-hydrogen) atoms. The second-order valence-corrected chi connectivity index (χ2v) is 4.05. The van der Waals surface area contributed by atoms with Crippen LogP contribution in [-0.2, 0) is 6.54 Å². The number of rotatable bonds is 3. The van der Waals surface area contributed by atoms with E-state index in [1.807, 2.05) is 0 Å². The maximum absolute atomic E-state index is 11.8. The van der Waals surface area contributed by atoms with Gasteiger partial charge in [0.2, 0.25) is 0 Å². The molecule has 0 bridgehead atoms. The first kappa shape index (κ1) is 12.8. The van der Waals surface area contributed by atoms with E-state index in [9.17, 15) is 15.0 Å². The van der Waals surface area contributed by atoms with Crippen LogP contribution in [0.1, 0.15) is 15.9 Å². The maximum Gasteiger partial charge on any atom is 0.255 e. The van der Waals surface area contributed by atoms with Gasteiger partial charge in [-0.1, -0.05) is 12.1 Å². The fourth-order valence-electron chi connectivity index (χ4n) is 1.66. The van der Waals surface area contributed by atoms with Crippen molar-refractivity contribution in [3.05, 3.63) is 53.6 Å². The molecule has 0 saturated carbocycles. The topological polar surface area (TPSA) is 89.8 Å². The monoisotopic (exact) mass is 259 g/mol. The summed E-state index contributed by atoms with van der Waals surface area (Å²) in [6, 6.07) is 10.3. The first-order chi connectivity index (χ1) is 9.06. The first-order valence-corrected chi connectivity index (χ1v) is 5.64. The molecule has 0 aliphatic heterocycles. The molecule has 2 aromatic carbocycles. The predicted molar refractivity (Wildman–Crippen MR) is 69.0 cm³/mol. The number of aromatic hydroxyl groups is 3. The summed E-state index contributed by atoms with van der Waals surface area (Å²) in [6.07, 6.45) is 0. The predicted octanol–water partition coefficient (Wildman–Crippen LogP) is 1.73. The smallest absolute Gasteiger partial charge is 0.255 e. The van der Waals surface area contributed by atoms with Gasteiger partial charge in [-0.05, 0) is 29.8 Å². The number of hydrogen-bond donors (Lipinski definition) is 4. The lowest BCUT2D eigenvalue weighted by Gasteiger charge is -2.07. The highest BCUT2D eigenvalue weighted by molar-refractivity contribution is 5.96. The zero-order valence-electron chi connectivity index (χ0n) is 10.00. The molecule has 0 aliphatic rings. The van der Waals surface area contributed by atoms with Gasteiger partial charge in [0.15, 0.2) is 0 Å². The van der Waals surface area contributed by atoms with Gasteiger partial charge in [0, 0.05) is 12.6 Å². The Balaban J connectivity index is 2.05. The zero-order valence-corrected chi connectivity index (χ0v) is 10.00. The Bertz CT molecular complexity index is 610. The van der Waals surface area contributed by atoms with E-state index in [-0.39, 0.29) is 29.4 Å². The number of nitrogens with one attached hydrogen (secondary N) is 1. The third-order valence-electron chi connectivity index (χ3n) is 2.59. The number of carbonyl (C=O) groups excluding carboxylic acids is 1. The van der Waals surface area contributed by atoms with Gasteiger partial charge in [-0.25, -0.2) is 0 Å². The van der Waals surface area contributed by atoms with Crippen LogP contribution in [-0.4, -0.2) is 21.2 Å². The Kier molecular flexibility index (Phi) is 3.56. The van der Waals surface area contributed by atoms with Crippen LogP contribution in [0.5, 0.6) is 17.2 Å². The van der Waals surface area contributed by atoms with Crippen molar-refractivity contribution in [1.29, 1.82) is 0 Å². The maximum atomic E-state index is 11.8. The van der Waals surface area contributed by atoms with Gasteiger partial charge in [-0.2, -0.15) is 0 Å². The van der Waals surface area contributed by atoms with Crippen molar-refractivity contribution in [2.24, 2.45) is 0 Å². The minimum atomic E-state index is -0.458. The molecule has 5 nitrogen and oxygen atoms in total. The van der Waals surface area contributed by atoms with Crippen LogP contribution in [0.3, 0.4) is 0 Å². The van der Waals surface area contributed by atoms with Crippen LogP contribution in [0.15, 0.2) is 42.5 Å². The van der Waals surface area contributed by atoms with Crippen LogP contribution in [0.25, 0.3) is 0 Å². The van der Waals surface area contributed by atoms with E-state index in [1.165, 1.54) is 24.3 Å². The van der Waals surface area contributed by atoms with Crippen molar-refractivity contribution in [3.8, 4) is 17.2 Å². The van der Waals surface area contributed by atoms with Gasteiger partial charge in [0.25, 0.3) is 5.91 Å². The third-order valence-corrected chi connectivity index (χ3v) is 2.59. The summed E-state index contributed by atoms with van der Waals surface area (Å²) in [5.41, 5.74) is 0.824. The molecular formula is C14H13NO4. The average molecular weight is 259 g/mol. The molecule has 4 N–H and O–H groups in total. The summed E-state index contributed by atoms with van der Waals surface area (Å²) < 4.78 is 0. The van der Waals surface area contributed by atoms with Crippen LogP contribution in [0.2, 0.25) is 0 Å². The van der Waals surface area contributed by atoms with Crippen LogP contribution in [0, 0.1) is 0 Å². The summed E-state index contributed by atoms with van der Waals surface area (Å²) in [7, 11) is 0. The van der Waals surface area contributed by atoms with E-state index in [0.717, 1.165) is 11.6 Å². The second-order valence-electron chi connectivity index (χ2n) is 4.05. The molecule has 0 spiro atoms.